The molecule has 0 unspecified atom stereocenters. The van der Waals surface area contributed by atoms with Gasteiger partial charge in [-0.3, -0.25) is 4.79 Å². The van der Waals surface area contributed by atoms with Crippen molar-refractivity contribution in [1.82, 2.24) is 9.78 Å². The maximum atomic E-state index is 12.5. The van der Waals surface area contributed by atoms with Crippen molar-refractivity contribution in [3.63, 3.8) is 0 Å². The van der Waals surface area contributed by atoms with E-state index in [1.807, 2.05) is 19.1 Å². The van der Waals surface area contributed by atoms with Crippen LogP contribution in [0, 0.1) is 6.92 Å². The number of hydrogen-bond acceptors (Lipinski definition) is 3. The van der Waals surface area contributed by atoms with Crippen molar-refractivity contribution >= 4 is 34.9 Å². The summed E-state index contributed by atoms with van der Waals surface area (Å²) < 4.78 is 1.65. The van der Waals surface area contributed by atoms with E-state index in [1.165, 1.54) is 6.20 Å². The van der Waals surface area contributed by atoms with Gasteiger partial charge in [0.05, 0.1) is 23.1 Å². The molecule has 0 aliphatic rings. The fraction of sp³-hybridized carbons (Fsp3) is 0.0556. The standard InChI is InChI=1S/C18H16ClN5O2/c1-11-16(10-21-24(11)15-4-2-3-12(19)9-15)17(25)22-13-5-7-14(8-6-13)23-18(20)26/h2-10H,1H3,(H,22,25)(H3,20,23,26). The number of carbonyl (C=O) groups excluding carboxylic acids is 2. The quantitative estimate of drug-likeness (QED) is 0.655. The van der Waals surface area contributed by atoms with E-state index < -0.39 is 6.03 Å². The lowest BCUT2D eigenvalue weighted by atomic mass is 10.2. The van der Waals surface area contributed by atoms with Gasteiger partial charge in [-0.2, -0.15) is 5.10 Å². The lowest BCUT2D eigenvalue weighted by molar-refractivity contribution is 0.102. The second kappa shape index (κ2) is 7.28. The van der Waals surface area contributed by atoms with Crippen LogP contribution in [0.3, 0.4) is 0 Å². The Hall–Kier alpha value is -3.32. The van der Waals surface area contributed by atoms with Gasteiger partial charge in [0.1, 0.15) is 0 Å². The van der Waals surface area contributed by atoms with Crippen LogP contribution in [-0.4, -0.2) is 21.7 Å². The smallest absolute Gasteiger partial charge is 0.316 e. The lowest BCUT2D eigenvalue weighted by Gasteiger charge is -2.08. The number of nitrogens with one attached hydrogen (secondary N) is 2. The van der Waals surface area contributed by atoms with Crippen LogP contribution in [0.1, 0.15) is 16.1 Å². The van der Waals surface area contributed by atoms with E-state index in [9.17, 15) is 9.59 Å². The van der Waals surface area contributed by atoms with Crippen LogP contribution in [-0.2, 0) is 0 Å². The summed E-state index contributed by atoms with van der Waals surface area (Å²) in [4.78, 5) is 23.3. The number of hydrogen-bond donors (Lipinski definition) is 3. The van der Waals surface area contributed by atoms with Crippen LogP contribution in [0.25, 0.3) is 5.69 Å². The molecule has 7 nitrogen and oxygen atoms in total. The highest BCUT2D eigenvalue weighted by atomic mass is 35.5. The number of rotatable bonds is 4. The maximum absolute atomic E-state index is 12.5. The highest BCUT2D eigenvalue weighted by molar-refractivity contribution is 6.30. The molecule has 2 aromatic carbocycles. The molecule has 0 atom stereocenters. The molecule has 26 heavy (non-hydrogen) atoms. The molecule has 1 heterocycles. The van der Waals surface area contributed by atoms with Crippen LogP contribution in [0.15, 0.2) is 54.7 Å². The molecule has 1 aromatic heterocycles. The molecular weight excluding hydrogens is 354 g/mol. The van der Waals surface area contributed by atoms with Gasteiger partial charge in [0.2, 0.25) is 0 Å². The van der Waals surface area contributed by atoms with Gasteiger partial charge in [0, 0.05) is 16.4 Å². The molecule has 0 saturated carbocycles. The Bertz CT molecular complexity index is 966. The first-order chi connectivity index (χ1) is 12.4. The Kier molecular flexibility index (Phi) is 4.90. The van der Waals surface area contributed by atoms with E-state index in [1.54, 1.807) is 41.1 Å². The van der Waals surface area contributed by atoms with Gasteiger partial charge in [-0.25, -0.2) is 9.48 Å². The molecular formula is C18H16ClN5O2. The van der Waals surface area contributed by atoms with E-state index >= 15 is 0 Å². The van der Waals surface area contributed by atoms with Crippen molar-refractivity contribution in [2.24, 2.45) is 5.73 Å². The molecule has 0 saturated heterocycles. The number of amides is 3. The lowest BCUT2D eigenvalue weighted by Crippen LogP contribution is -2.19. The molecule has 3 aromatic rings. The minimum Gasteiger partial charge on any atom is -0.351 e. The molecule has 3 amide bonds. The number of carbonyl (C=O) groups is 2. The molecule has 0 spiro atoms. The Labute approximate surface area is 154 Å². The van der Waals surface area contributed by atoms with E-state index in [0.717, 1.165) is 5.69 Å². The van der Waals surface area contributed by atoms with Crippen molar-refractivity contribution in [2.75, 3.05) is 10.6 Å². The maximum Gasteiger partial charge on any atom is 0.316 e. The van der Waals surface area contributed by atoms with Crippen LogP contribution in [0.2, 0.25) is 5.02 Å². The van der Waals surface area contributed by atoms with Gasteiger partial charge in [-0.1, -0.05) is 17.7 Å². The molecule has 0 radical (unpaired) electrons. The van der Waals surface area contributed by atoms with Gasteiger partial charge in [-0.15, -0.1) is 0 Å². The molecule has 8 heteroatoms. The predicted molar refractivity (Wildman–Crippen MR) is 101 cm³/mol. The molecule has 0 aliphatic heterocycles. The van der Waals surface area contributed by atoms with Crippen LogP contribution in [0.4, 0.5) is 16.2 Å². The van der Waals surface area contributed by atoms with Crippen molar-refractivity contribution in [1.29, 1.82) is 0 Å². The SMILES string of the molecule is Cc1c(C(=O)Nc2ccc(NC(N)=O)cc2)cnn1-c1cccc(Cl)c1. The first-order valence-corrected chi connectivity index (χ1v) is 8.10. The van der Waals surface area contributed by atoms with Gasteiger partial charge < -0.3 is 16.4 Å². The topological polar surface area (TPSA) is 102 Å². The van der Waals surface area contributed by atoms with Crippen molar-refractivity contribution < 1.29 is 9.59 Å². The van der Waals surface area contributed by atoms with Crippen molar-refractivity contribution in [3.8, 4) is 5.69 Å². The normalized spacial score (nSPS) is 10.4. The number of anilines is 2. The largest absolute Gasteiger partial charge is 0.351 e. The third-order valence-electron chi connectivity index (χ3n) is 3.72. The second-order valence-electron chi connectivity index (χ2n) is 5.56. The second-order valence-corrected chi connectivity index (χ2v) is 5.99. The summed E-state index contributed by atoms with van der Waals surface area (Å²) in [6.45, 7) is 1.81. The Morgan fingerprint density at radius 1 is 1.08 bits per heavy atom. The average Bonchev–Trinajstić information content (AvgIpc) is 2.98. The number of nitrogens with two attached hydrogens (primary N) is 1. The first kappa shape index (κ1) is 17.5. The van der Waals surface area contributed by atoms with E-state index in [-0.39, 0.29) is 5.91 Å². The number of benzene rings is 2. The van der Waals surface area contributed by atoms with E-state index in [4.69, 9.17) is 17.3 Å². The zero-order valence-electron chi connectivity index (χ0n) is 13.9. The molecule has 0 bridgehead atoms. The fourth-order valence-corrected chi connectivity index (χ4v) is 2.66. The minimum atomic E-state index is -0.647. The average molecular weight is 370 g/mol. The van der Waals surface area contributed by atoms with Gasteiger partial charge in [0.15, 0.2) is 0 Å². The Morgan fingerprint density at radius 3 is 2.35 bits per heavy atom. The summed E-state index contributed by atoms with van der Waals surface area (Å²) in [6, 6.07) is 13.2. The van der Waals surface area contributed by atoms with Crippen molar-refractivity contribution in [3.05, 3.63) is 71.0 Å². The third-order valence-corrected chi connectivity index (χ3v) is 3.95. The molecule has 0 fully saturated rings. The zero-order chi connectivity index (χ0) is 18.7. The monoisotopic (exact) mass is 369 g/mol. The van der Waals surface area contributed by atoms with Crippen molar-refractivity contribution in [2.45, 2.75) is 6.92 Å². The fourth-order valence-electron chi connectivity index (χ4n) is 2.48. The molecule has 0 aliphatic carbocycles. The van der Waals surface area contributed by atoms with Crippen LogP contribution in [0.5, 0.6) is 0 Å². The summed E-state index contributed by atoms with van der Waals surface area (Å²) in [5.74, 6) is -0.286. The van der Waals surface area contributed by atoms with E-state index in [0.29, 0.717) is 27.7 Å². The number of nitrogens with zero attached hydrogens (tertiary/aromatic N) is 2. The number of primary amides is 1. The minimum absolute atomic E-state index is 0.286. The van der Waals surface area contributed by atoms with Crippen LogP contribution < -0.4 is 16.4 Å². The zero-order valence-corrected chi connectivity index (χ0v) is 14.6. The van der Waals surface area contributed by atoms with Crippen LogP contribution >= 0.6 is 11.6 Å². The molecule has 3 rings (SSSR count). The highest BCUT2D eigenvalue weighted by Gasteiger charge is 2.15. The summed E-state index contributed by atoms with van der Waals surface area (Å²) in [5.41, 5.74) is 8.10. The van der Waals surface area contributed by atoms with Gasteiger partial charge in [0.25, 0.3) is 5.91 Å². The molecule has 4 N–H and O–H groups in total. The first-order valence-electron chi connectivity index (χ1n) is 7.72. The Balaban J connectivity index is 1.77. The predicted octanol–water partition coefficient (Wildman–Crippen LogP) is 3.58. The highest BCUT2D eigenvalue weighted by Crippen LogP contribution is 2.19. The molecule has 132 valence electrons. The summed E-state index contributed by atoms with van der Waals surface area (Å²) in [7, 11) is 0. The van der Waals surface area contributed by atoms with Gasteiger partial charge >= 0.3 is 6.03 Å². The number of halogens is 1. The number of urea groups is 1. The Morgan fingerprint density at radius 2 is 1.73 bits per heavy atom. The summed E-state index contributed by atoms with van der Waals surface area (Å²) >= 11 is 6.01. The summed E-state index contributed by atoms with van der Waals surface area (Å²) in [5, 5.41) is 10.1. The van der Waals surface area contributed by atoms with Gasteiger partial charge in [-0.05, 0) is 49.4 Å². The summed E-state index contributed by atoms with van der Waals surface area (Å²) in [6.07, 6.45) is 1.51. The third kappa shape index (κ3) is 3.84. The van der Waals surface area contributed by atoms with E-state index in [2.05, 4.69) is 15.7 Å². The number of aromatic nitrogens is 2.